The number of sulfonamides is 1. The number of hydrogen-bond acceptors (Lipinski definition) is 4. The van der Waals surface area contributed by atoms with E-state index in [4.69, 9.17) is 5.11 Å². The standard InChI is InChI=1S/C12H20N2O5S/c1-2-14-20(18,19)8-7-13-11(15)9-5-3-4-6-10(9)12(16)17/h3-4,9-10,14H,2,5-8H2,1H3,(H,13,15)(H,16,17). The molecule has 7 nitrogen and oxygen atoms in total. The number of carbonyl (C=O) groups excluding carboxylic acids is 1. The van der Waals surface area contributed by atoms with Gasteiger partial charge >= 0.3 is 5.97 Å². The van der Waals surface area contributed by atoms with Crippen molar-refractivity contribution in [3.63, 3.8) is 0 Å². The third kappa shape index (κ3) is 4.93. The Bertz CT molecular complexity index is 486. The Morgan fingerprint density at radius 3 is 2.40 bits per heavy atom. The average Bonchev–Trinajstić information content (AvgIpc) is 2.38. The quantitative estimate of drug-likeness (QED) is 0.559. The summed E-state index contributed by atoms with van der Waals surface area (Å²) in [5.74, 6) is -3.01. The number of hydrogen-bond donors (Lipinski definition) is 3. The highest BCUT2D eigenvalue weighted by Crippen LogP contribution is 2.25. The molecule has 0 aromatic heterocycles. The van der Waals surface area contributed by atoms with Gasteiger partial charge in [0.05, 0.1) is 17.6 Å². The molecule has 0 aliphatic heterocycles. The molecule has 1 aliphatic carbocycles. The smallest absolute Gasteiger partial charge is 0.307 e. The molecule has 2 unspecified atom stereocenters. The Hall–Kier alpha value is -1.41. The Kier molecular flexibility index (Phi) is 6.15. The van der Waals surface area contributed by atoms with Gasteiger partial charge in [-0.15, -0.1) is 0 Å². The largest absolute Gasteiger partial charge is 0.481 e. The molecule has 0 spiro atoms. The van der Waals surface area contributed by atoms with E-state index in [0.29, 0.717) is 19.4 Å². The monoisotopic (exact) mass is 304 g/mol. The first-order valence-electron chi connectivity index (χ1n) is 6.50. The van der Waals surface area contributed by atoms with Gasteiger partial charge in [0.1, 0.15) is 0 Å². The second kappa shape index (κ2) is 7.39. The third-order valence-electron chi connectivity index (χ3n) is 3.12. The molecular weight excluding hydrogens is 284 g/mol. The fraction of sp³-hybridized carbons (Fsp3) is 0.667. The van der Waals surface area contributed by atoms with Crippen molar-refractivity contribution in [1.82, 2.24) is 10.0 Å². The van der Waals surface area contributed by atoms with Crippen molar-refractivity contribution in [2.24, 2.45) is 11.8 Å². The summed E-state index contributed by atoms with van der Waals surface area (Å²) in [5, 5.41) is 11.6. The number of carbonyl (C=O) groups is 2. The van der Waals surface area contributed by atoms with Gasteiger partial charge in [-0.1, -0.05) is 19.1 Å². The Balaban J connectivity index is 2.50. The number of amides is 1. The number of rotatable bonds is 7. The zero-order chi connectivity index (χ0) is 15.2. The summed E-state index contributed by atoms with van der Waals surface area (Å²) < 4.78 is 25.1. The third-order valence-corrected chi connectivity index (χ3v) is 4.59. The van der Waals surface area contributed by atoms with Crippen molar-refractivity contribution in [1.29, 1.82) is 0 Å². The number of allylic oxidation sites excluding steroid dienone is 2. The molecule has 0 radical (unpaired) electrons. The van der Waals surface area contributed by atoms with Gasteiger partial charge in [0, 0.05) is 13.1 Å². The molecule has 0 aromatic rings. The van der Waals surface area contributed by atoms with E-state index in [-0.39, 0.29) is 12.3 Å². The van der Waals surface area contributed by atoms with Gasteiger partial charge < -0.3 is 10.4 Å². The summed E-state index contributed by atoms with van der Waals surface area (Å²) in [6, 6.07) is 0. The number of carboxylic acids is 1. The SMILES string of the molecule is CCNS(=O)(=O)CCNC(=O)C1CC=CCC1C(=O)O. The number of nitrogens with one attached hydrogen (secondary N) is 2. The van der Waals surface area contributed by atoms with E-state index in [1.54, 1.807) is 19.1 Å². The lowest BCUT2D eigenvalue weighted by molar-refractivity contribution is -0.147. The van der Waals surface area contributed by atoms with Crippen LogP contribution in [0.2, 0.25) is 0 Å². The second-order valence-corrected chi connectivity index (χ2v) is 6.53. The van der Waals surface area contributed by atoms with E-state index in [1.165, 1.54) is 0 Å². The lowest BCUT2D eigenvalue weighted by Gasteiger charge is -2.24. The molecule has 0 saturated heterocycles. The van der Waals surface area contributed by atoms with E-state index in [2.05, 4.69) is 10.0 Å². The fourth-order valence-electron chi connectivity index (χ4n) is 2.11. The molecular formula is C12H20N2O5S. The number of carboxylic acid groups (broad SMARTS) is 1. The predicted octanol–water partition coefficient (Wildman–Crippen LogP) is -0.291. The first-order valence-corrected chi connectivity index (χ1v) is 8.15. The van der Waals surface area contributed by atoms with Gasteiger partial charge in [-0.25, -0.2) is 13.1 Å². The van der Waals surface area contributed by atoms with Gasteiger partial charge in [-0.2, -0.15) is 0 Å². The van der Waals surface area contributed by atoms with E-state index in [1.807, 2.05) is 0 Å². The number of aliphatic carboxylic acids is 1. The molecule has 20 heavy (non-hydrogen) atoms. The molecule has 2 atom stereocenters. The molecule has 1 amide bonds. The molecule has 8 heteroatoms. The van der Waals surface area contributed by atoms with Gasteiger partial charge in [-0.05, 0) is 12.8 Å². The second-order valence-electron chi connectivity index (χ2n) is 4.60. The van der Waals surface area contributed by atoms with Crippen LogP contribution in [0.15, 0.2) is 12.2 Å². The van der Waals surface area contributed by atoms with Crippen molar-refractivity contribution >= 4 is 21.9 Å². The van der Waals surface area contributed by atoms with E-state index >= 15 is 0 Å². The van der Waals surface area contributed by atoms with Crippen LogP contribution in [0.4, 0.5) is 0 Å². The molecule has 114 valence electrons. The summed E-state index contributed by atoms with van der Waals surface area (Å²) >= 11 is 0. The predicted molar refractivity (Wildman–Crippen MR) is 73.5 cm³/mol. The zero-order valence-electron chi connectivity index (χ0n) is 11.3. The maximum atomic E-state index is 11.9. The van der Waals surface area contributed by atoms with Crippen molar-refractivity contribution in [3.05, 3.63) is 12.2 Å². The van der Waals surface area contributed by atoms with Crippen molar-refractivity contribution in [2.75, 3.05) is 18.8 Å². The van der Waals surface area contributed by atoms with Crippen LogP contribution in [-0.4, -0.2) is 44.2 Å². The molecule has 0 fully saturated rings. The maximum absolute atomic E-state index is 11.9. The van der Waals surface area contributed by atoms with Crippen molar-refractivity contribution in [2.45, 2.75) is 19.8 Å². The van der Waals surface area contributed by atoms with Crippen LogP contribution in [0.5, 0.6) is 0 Å². The van der Waals surface area contributed by atoms with E-state index < -0.39 is 33.7 Å². The molecule has 1 rings (SSSR count). The highest BCUT2D eigenvalue weighted by atomic mass is 32.2. The highest BCUT2D eigenvalue weighted by molar-refractivity contribution is 7.89. The average molecular weight is 304 g/mol. The Labute approximate surface area is 118 Å². The summed E-state index contributed by atoms with van der Waals surface area (Å²) in [4.78, 5) is 23.0. The normalized spacial score (nSPS) is 22.4. The summed E-state index contributed by atoms with van der Waals surface area (Å²) in [6.07, 6.45) is 4.21. The summed E-state index contributed by atoms with van der Waals surface area (Å²) in [5.41, 5.74) is 0. The van der Waals surface area contributed by atoms with Gasteiger partial charge in [0.15, 0.2) is 0 Å². The highest BCUT2D eigenvalue weighted by Gasteiger charge is 2.33. The topological polar surface area (TPSA) is 113 Å². The van der Waals surface area contributed by atoms with Crippen LogP contribution in [0.1, 0.15) is 19.8 Å². The summed E-state index contributed by atoms with van der Waals surface area (Å²) in [7, 11) is -3.38. The van der Waals surface area contributed by atoms with Crippen LogP contribution < -0.4 is 10.0 Å². The van der Waals surface area contributed by atoms with Crippen molar-refractivity contribution < 1.29 is 23.1 Å². The zero-order valence-corrected chi connectivity index (χ0v) is 12.1. The minimum Gasteiger partial charge on any atom is -0.481 e. The summed E-state index contributed by atoms with van der Waals surface area (Å²) in [6.45, 7) is 1.94. The Morgan fingerprint density at radius 2 is 1.85 bits per heavy atom. The lowest BCUT2D eigenvalue weighted by Crippen LogP contribution is -2.41. The fourth-order valence-corrected chi connectivity index (χ4v) is 3.06. The minimum atomic E-state index is -3.38. The molecule has 0 saturated carbocycles. The Morgan fingerprint density at radius 1 is 1.25 bits per heavy atom. The lowest BCUT2D eigenvalue weighted by atomic mass is 9.82. The van der Waals surface area contributed by atoms with Crippen molar-refractivity contribution in [3.8, 4) is 0 Å². The first-order chi connectivity index (χ1) is 9.37. The molecule has 0 aromatic carbocycles. The van der Waals surface area contributed by atoms with Crippen LogP contribution in [0, 0.1) is 11.8 Å². The van der Waals surface area contributed by atoms with Crippen LogP contribution >= 0.6 is 0 Å². The van der Waals surface area contributed by atoms with E-state index in [9.17, 15) is 18.0 Å². The molecule has 0 heterocycles. The maximum Gasteiger partial charge on any atom is 0.307 e. The van der Waals surface area contributed by atoms with E-state index in [0.717, 1.165) is 0 Å². The molecule has 1 aliphatic rings. The van der Waals surface area contributed by atoms with Crippen LogP contribution in [-0.2, 0) is 19.6 Å². The van der Waals surface area contributed by atoms with Crippen LogP contribution in [0.3, 0.4) is 0 Å². The molecule has 3 N–H and O–H groups in total. The van der Waals surface area contributed by atoms with Gasteiger partial charge in [-0.3, -0.25) is 9.59 Å². The molecule has 0 bridgehead atoms. The minimum absolute atomic E-state index is 0.0271. The van der Waals surface area contributed by atoms with Gasteiger partial charge in [0.2, 0.25) is 15.9 Å². The van der Waals surface area contributed by atoms with Crippen LogP contribution in [0.25, 0.3) is 0 Å². The first kappa shape index (κ1) is 16.6. The van der Waals surface area contributed by atoms with Gasteiger partial charge in [0.25, 0.3) is 0 Å².